The highest BCUT2D eigenvalue weighted by Crippen LogP contribution is 2.33. The van der Waals surface area contributed by atoms with Gasteiger partial charge in [-0.1, -0.05) is 12.1 Å². The Kier molecular flexibility index (Phi) is 2.62. The number of nitrogens with zero attached hydrogens (tertiary/aromatic N) is 1. The molecule has 0 aliphatic rings. The van der Waals surface area contributed by atoms with Crippen LogP contribution in [0.3, 0.4) is 0 Å². The van der Waals surface area contributed by atoms with Crippen LogP contribution in [-0.4, -0.2) is 16.0 Å². The molecule has 0 bridgehead atoms. The SMILES string of the molecule is Cc1sc(-c2ccccc2O)nc1C(N)=O. The van der Waals surface area contributed by atoms with Gasteiger partial charge >= 0.3 is 0 Å². The Labute approximate surface area is 96.4 Å². The summed E-state index contributed by atoms with van der Waals surface area (Å²) >= 11 is 1.34. The maximum Gasteiger partial charge on any atom is 0.268 e. The number of hydrogen-bond acceptors (Lipinski definition) is 4. The Balaban J connectivity index is 2.54. The number of hydrogen-bond donors (Lipinski definition) is 2. The van der Waals surface area contributed by atoms with Gasteiger partial charge in [0.15, 0.2) is 0 Å². The van der Waals surface area contributed by atoms with E-state index in [-0.39, 0.29) is 11.4 Å². The standard InChI is InChI=1S/C11H10N2O2S/c1-6-9(10(12)15)13-11(16-6)7-4-2-3-5-8(7)14/h2-5,14H,1H3,(H2,12,15). The van der Waals surface area contributed by atoms with E-state index in [4.69, 9.17) is 5.73 Å². The van der Waals surface area contributed by atoms with Crippen LogP contribution < -0.4 is 5.73 Å². The van der Waals surface area contributed by atoms with E-state index in [1.54, 1.807) is 31.2 Å². The van der Waals surface area contributed by atoms with Crippen LogP contribution in [0.15, 0.2) is 24.3 Å². The van der Waals surface area contributed by atoms with Gasteiger partial charge in [-0.15, -0.1) is 11.3 Å². The zero-order chi connectivity index (χ0) is 11.7. The molecule has 0 saturated carbocycles. The summed E-state index contributed by atoms with van der Waals surface area (Å²) in [5.74, 6) is -0.400. The van der Waals surface area contributed by atoms with Crippen molar-refractivity contribution in [3.8, 4) is 16.3 Å². The van der Waals surface area contributed by atoms with Crippen molar-refractivity contribution in [3.05, 3.63) is 34.8 Å². The van der Waals surface area contributed by atoms with Crippen molar-refractivity contribution in [2.24, 2.45) is 5.73 Å². The summed E-state index contributed by atoms with van der Waals surface area (Å²) in [6.07, 6.45) is 0. The van der Waals surface area contributed by atoms with Crippen molar-refractivity contribution < 1.29 is 9.90 Å². The summed E-state index contributed by atoms with van der Waals surface area (Å²) < 4.78 is 0. The van der Waals surface area contributed by atoms with E-state index < -0.39 is 5.91 Å². The van der Waals surface area contributed by atoms with Crippen molar-refractivity contribution in [1.82, 2.24) is 4.98 Å². The van der Waals surface area contributed by atoms with Gasteiger partial charge in [0.05, 0.1) is 5.56 Å². The van der Waals surface area contributed by atoms with Crippen LogP contribution in [0.5, 0.6) is 5.75 Å². The minimum Gasteiger partial charge on any atom is -0.507 e. The molecular weight excluding hydrogens is 224 g/mol. The van der Waals surface area contributed by atoms with Gasteiger partial charge in [-0.05, 0) is 19.1 Å². The number of primary amides is 1. The second kappa shape index (κ2) is 3.94. The number of phenols is 1. The summed E-state index contributed by atoms with van der Waals surface area (Å²) in [6, 6.07) is 6.86. The van der Waals surface area contributed by atoms with Crippen molar-refractivity contribution in [1.29, 1.82) is 0 Å². The third kappa shape index (κ3) is 1.77. The lowest BCUT2D eigenvalue weighted by molar-refractivity contribution is 0.0996. The number of phenolic OH excluding ortho intramolecular Hbond substituents is 1. The molecule has 0 aliphatic carbocycles. The molecule has 16 heavy (non-hydrogen) atoms. The number of thiazole rings is 1. The zero-order valence-corrected chi connectivity index (χ0v) is 9.41. The summed E-state index contributed by atoms with van der Waals surface area (Å²) in [5.41, 5.74) is 6.07. The highest BCUT2D eigenvalue weighted by Gasteiger charge is 2.15. The maximum atomic E-state index is 11.1. The summed E-state index contributed by atoms with van der Waals surface area (Å²) in [6.45, 7) is 1.78. The molecule has 5 heteroatoms. The molecule has 2 aromatic rings. The maximum absolute atomic E-state index is 11.1. The summed E-state index contributed by atoms with van der Waals surface area (Å²) in [7, 11) is 0. The molecule has 2 rings (SSSR count). The van der Waals surface area contributed by atoms with Crippen LogP contribution >= 0.6 is 11.3 Å². The van der Waals surface area contributed by atoms with Gasteiger partial charge in [0.25, 0.3) is 5.91 Å². The van der Waals surface area contributed by atoms with Crippen LogP contribution in [0.25, 0.3) is 10.6 Å². The largest absolute Gasteiger partial charge is 0.507 e. The number of aryl methyl sites for hydroxylation is 1. The number of carbonyl (C=O) groups is 1. The Morgan fingerprint density at radius 2 is 2.12 bits per heavy atom. The van der Waals surface area contributed by atoms with Crippen LogP contribution in [0.1, 0.15) is 15.4 Å². The third-order valence-corrected chi connectivity index (χ3v) is 3.17. The van der Waals surface area contributed by atoms with Gasteiger partial charge < -0.3 is 10.8 Å². The molecule has 1 heterocycles. The fraction of sp³-hybridized carbons (Fsp3) is 0.0909. The number of aromatic nitrogens is 1. The van der Waals surface area contributed by atoms with E-state index in [1.165, 1.54) is 11.3 Å². The number of carbonyl (C=O) groups excluding carboxylic acids is 1. The van der Waals surface area contributed by atoms with Crippen molar-refractivity contribution in [3.63, 3.8) is 0 Å². The van der Waals surface area contributed by atoms with Crippen LogP contribution in [0.2, 0.25) is 0 Å². The average molecular weight is 234 g/mol. The summed E-state index contributed by atoms with van der Waals surface area (Å²) in [4.78, 5) is 15.9. The first-order valence-corrected chi connectivity index (χ1v) is 5.47. The number of amides is 1. The van der Waals surface area contributed by atoms with Gasteiger partial charge in [-0.25, -0.2) is 4.98 Å². The topological polar surface area (TPSA) is 76.2 Å². The molecule has 82 valence electrons. The molecule has 0 aliphatic heterocycles. The molecular formula is C11H10N2O2S. The number of benzene rings is 1. The molecule has 1 aromatic heterocycles. The van der Waals surface area contributed by atoms with Crippen LogP contribution in [0.4, 0.5) is 0 Å². The molecule has 3 N–H and O–H groups in total. The fourth-order valence-corrected chi connectivity index (χ4v) is 2.35. The van der Waals surface area contributed by atoms with Crippen molar-refractivity contribution in [2.45, 2.75) is 6.92 Å². The predicted octanol–water partition coefficient (Wildman–Crippen LogP) is 1.92. The number of nitrogens with two attached hydrogens (primary N) is 1. The van der Waals surface area contributed by atoms with Crippen LogP contribution in [0, 0.1) is 6.92 Å². The third-order valence-electron chi connectivity index (χ3n) is 2.16. The average Bonchev–Trinajstić information content (AvgIpc) is 2.61. The second-order valence-electron chi connectivity index (χ2n) is 3.31. The zero-order valence-electron chi connectivity index (χ0n) is 8.60. The lowest BCUT2D eigenvalue weighted by atomic mass is 10.2. The van der Waals surface area contributed by atoms with Gasteiger partial charge in [0.2, 0.25) is 0 Å². The minimum absolute atomic E-state index is 0.146. The van der Waals surface area contributed by atoms with Gasteiger partial charge in [0.1, 0.15) is 16.5 Å². The quantitative estimate of drug-likeness (QED) is 0.833. The molecule has 0 fully saturated rings. The normalized spacial score (nSPS) is 10.3. The smallest absolute Gasteiger partial charge is 0.268 e. The van der Waals surface area contributed by atoms with E-state index in [2.05, 4.69) is 4.98 Å². The van der Waals surface area contributed by atoms with Crippen LogP contribution in [-0.2, 0) is 0 Å². The van der Waals surface area contributed by atoms with Crippen molar-refractivity contribution >= 4 is 17.2 Å². The lowest BCUT2D eigenvalue weighted by Crippen LogP contribution is -2.12. The number of rotatable bonds is 2. The Morgan fingerprint density at radius 1 is 1.44 bits per heavy atom. The molecule has 0 spiro atoms. The van der Waals surface area contributed by atoms with Crippen molar-refractivity contribution in [2.75, 3.05) is 0 Å². The van der Waals surface area contributed by atoms with E-state index in [1.807, 2.05) is 0 Å². The first kappa shape index (κ1) is 10.6. The van der Waals surface area contributed by atoms with E-state index >= 15 is 0 Å². The number of aromatic hydroxyl groups is 1. The molecule has 1 aromatic carbocycles. The van der Waals surface area contributed by atoms with Gasteiger partial charge in [-0.3, -0.25) is 4.79 Å². The predicted molar refractivity (Wildman–Crippen MR) is 62.5 cm³/mol. The second-order valence-corrected chi connectivity index (χ2v) is 4.51. The highest BCUT2D eigenvalue weighted by molar-refractivity contribution is 7.15. The van der Waals surface area contributed by atoms with E-state index in [0.717, 1.165) is 4.88 Å². The molecule has 0 atom stereocenters. The fourth-order valence-electron chi connectivity index (χ4n) is 1.39. The number of para-hydroxylation sites is 1. The Hall–Kier alpha value is -1.88. The molecule has 4 nitrogen and oxygen atoms in total. The Morgan fingerprint density at radius 3 is 2.69 bits per heavy atom. The monoisotopic (exact) mass is 234 g/mol. The summed E-state index contributed by atoms with van der Waals surface area (Å²) in [5, 5.41) is 10.3. The first-order valence-electron chi connectivity index (χ1n) is 4.65. The molecule has 0 radical (unpaired) electrons. The highest BCUT2D eigenvalue weighted by atomic mass is 32.1. The molecule has 0 unspecified atom stereocenters. The molecule has 0 saturated heterocycles. The Bertz CT molecular complexity index is 549. The van der Waals surface area contributed by atoms with E-state index in [0.29, 0.717) is 10.6 Å². The van der Waals surface area contributed by atoms with Gasteiger partial charge in [-0.2, -0.15) is 0 Å². The first-order chi connectivity index (χ1) is 7.59. The minimum atomic E-state index is -0.546. The van der Waals surface area contributed by atoms with E-state index in [9.17, 15) is 9.90 Å². The van der Waals surface area contributed by atoms with Gasteiger partial charge in [0, 0.05) is 4.88 Å². The lowest BCUT2D eigenvalue weighted by Gasteiger charge is -1.98. The molecule has 1 amide bonds.